The van der Waals surface area contributed by atoms with E-state index in [9.17, 15) is 81.7 Å². The fraction of sp³-hybridized carbons (Fsp3) is 0.964. The molecule has 24 nitrogen and oxygen atoms in total. The Hall–Kier alpha value is -1.22. The van der Waals surface area contributed by atoms with E-state index in [4.69, 9.17) is 37.9 Å². The van der Waals surface area contributed by atoms with Gasteiger partial charge in [0.2, 0.25) is 0 Å². The highest BCUT2D eigenvalue weighted by Crippen LogP contribution is 2.76. The van der Waals surface area contributed by atoms with Crippen LogP contribution in [0.1, 0.15) is 113 Å². The molecule has 0 aromatic rings. The lowest BCUT2D eigenvalue weighted by Crippen LogP contribution is -2.65. The van der Waals surface area contributed by atoms with Gasteiger partial charge in [-0.05, 0) is 106 Å². The summed E-state index contributed by atoms with van der Waals surface area (Å²) in [5.74, 6) is 0.244. The van der Waals surface area contributed by atoms with E-state index in [1.807, 2.05) is 0 Å². The molecule has 458 valence electrons. The Bertz CT molecular complexity index is 2040. The van der Waals surface area contributed by atoms with E-state index < -0.39 is 184 Å². The molecular weight excluding hydrogens is 1040 g/mol. The molecule has 4 aliphatic heterocycles. The van der Waals surface area contributed by atoms with Crippen LogP contribution in [-0.2, 0) is 37.9 Å². The number of hydrogen-bond acceptors (Lipinski definition) is 24. The van der Waals surface area contributed by atoms with Crippen LogP contribution in [0.4, 0.5) is 0 Å². The number of fused-ring (bicyclic) bond motifs is 5. The summed E-state index contributed by atoms with van der Waals surface area (Å²) >= 11 is 0. The quantitative estimate of drug-likeness (QED) is 0.0615. The van der Waals surface area contributed by atoms with Gasteiger partial charge in [-0.3, -0.25) is 0 Å². The number of aliphatic hydroxyl groups excluding tert-OH is 15. The SMILES string of the molecule is CC[C@@]12CCC([C@H](C)CC[C@@H](O[C@@H]3O[C@H](CO[C@H]4O[C@H](CO)[C@@H](O)[C@H](O)[C@H]4O)[C@@H](O)[C@H](O)[C@H]3O[C@H]3O[C@@H](CO)[C@H](O)[C@@H](O)[C@@H]3O)C(C)(C)O)[C@@]1(C)C[C@@H](O)[C@@]1(C)C3CC[C@H](O[C@@H]4O[C@H](CO)[C@@H](O)[C@H](O)[C@H]4O)C(C)(C)C3=CCC12. The van der Waals surface area contributed by atoms with E-state index in [1.54, 1.807) is 0 Å². The van der Waals surface area contributed by atoms with Crippen molar-refractivity contribution in [3.8, 4) is 0 Å². The second-order valence-electron chi connectivity index (χ2n) is 26.0. The van der Waals surface area contributed by atoms with Crippen LogP contribution < -0.4 is 0 Å². The molecule has 0 amide bonds. The van der Waals surface area contributed by atoms with Crippen molar-refractivity contribution in [2.24, 2.45) is 45.3 Å². The molecular formula is C55H94O24. The second kappa shape index (κ2) is 24.3. The smallest absolute Gasteiger partial charge is 0.187 e. The normalized spacial score (nSPS) is 50.9. The topological polar surface area (TPSA) is 398 Å². The molecule has 8 rings (SSSR count). The fourth-order valence-corrected chi connectivity index (χ4v) is 16.2. The molecule has 0 aromatic carbocycles. The Morgan fingerprint density at radius 3 is 1.66 bits per heavy atom. The van der Waals surface area contributed by atoms with Crippen LogP contribution in [0.15, 0.2) is 11.6 Å². The lowest BCUT2D eigenvalue weighted by atomic mass is 9.37. The standard InChI is InChI=1S/C55H94O24/c1-9-55-17-16-24(53(55,7)18-32(59)54(8)26-12-15-33(51(3,4)25(26)11-13-31(54)55)77-48-44(69)40(65)36(61)28(20-57)74-48)23(2)10-14-34(52(5,6)71)78-50-46(79-49-45(70)41(66)37(62)29(21-58)75-49)42(67)38(63)30(76-50)22-72-47-43(68)39(64)35(60)27(19-56)73-47/h11,23-24,26-50,56-71H,9-10,12-22H2,1-8H3/t23-,24?,26?,27-,28-,29+,30-,31?,32-,33+,34-,35-,36-,37+,38-,39+,40+,41-,42+,43-,44-,45+,46-,47+,48+,49-,50+,53-,54+,55+/m1/s1. The first-order valence-electron chi connectivity index (χ1n) is 28.6. The molecule has 4 saturated heterocycles. The third-order valence-electron chi connectivity index (χ3n) is 21.1. The van der Waals surface area contributed by atoms with Crippen LogP contribution in [0, 0.1) is 45.3 Å². The van der Waals surface area contributed by atoms with Crippen LogP contribution in [0.5, 0.6) is 0 Å². The van der Waals surface area contributed by atoms with E-state index in [1.165, 1.54) is 19.4 Å². The lowest BCUT2D eigenvalue weighted by molar-refractivity contribution is -0.380. The number of allylic oxidation sites excluding steroid dienone is 1. The summed E-state index contributed by atoms with van der Waals surface area (Å²) in [6.45, 7) is 13.5. The Kier molecular flexibility index (Phi) is 19.6. The zero-order chi connectivity index (χ0) is 58.2. The van der Waals surface area contributed by atoms with Crippen LogP contribution >= 0.6 is 0 Å². The van der Waals surface area contributed by atoms with Crippen molar-refractivity contribution in [1.82, 2.24) is 0 Å². The highest BCUT2D eigenvalue weighted by molar-refractivity contribution is 5.32. The number of hydrogen-bond donors (Lipinski definition) is 16. The molecule has 0 bridgehead atoms. The molecule has 4 heterocycles. The fourth-order valence-electron chi connectivity index (χ4n) is 16.2. The van der Waals surface area contributed by atoms with Gasteiger partial charge in [-0.15, -0.1) is 0 Å². The third kappa shape index (κ3) is 11.2. The molecule has 0 spiro atoms. The summed E-state index contributed by atoms with van der Waals surface area (Å²) in [5, 5.41) is 173. The van der Waals surface area contributed by atoms with Gasteiger partial charge in [0.25, 0.3) is 0 Å². The van der Waals surface area contributed by atoms with E-state index in [0.29, 0.717) is 25.7 Å². The Morgan fingerprint density at radius 2 is 1.13 bits per heavy atom. The lowest BCUT2D eigenvalue weighted by Gasteiger charge is -2.68. The minimum absolute atomic E-state index is 0.00704. The minimum Gasteiger partial charge on any atom is -0.394 e. The minimum atomic E-state index is -1.93. The van der Waals surface area contributed by atoms with Crippen molar-refractivity contribution >= 4 is 0 Å². The average molecular weight is 1140 g/mol. The second-order valence-corrected chi connectivity index (χ2v) is 26.0. The Balaban J connectivity index is 0.999. The Labute approximate surface area is 461 Å². The molecule has 30 atom stereocenters. The maximum absolute atomic E-state index is 12.8. The van der Waals surface area contributed by atoms with Crippen molar-refractivity contribution in [3.05, 3.63) is 11.6 Å². The zero-order valence-electron chi connectivity index (χ0n) is 46.8. The summed E-state index contributed by atoms with van der Waals surface area (Å²) in [6.07, 6.45) is -26.7. The van der Waals surface area contributed by atoms with Crippen molar-refractivity contribution in [3.63, 3.8) is 0 Å². The van der Waals surface area contributed by atoms with Gasteiger partial charge in [0.05, 0.1) is 50.3 Å². The van der Waals surface area contributed by atoms with Crippen LogP contribution in [0.3, 0.4) is 0 Å². The summed E-state index contributed by atoms with van der Waals surface area (Å²) in [6, 6.07) is 0. The molecule has 0 radical (unpaired) electrons. The van der Waals surface area contributed by atoms with E-state index in [0.717, 1.165) is 25.7 Å². The molecule has 16 N–H and O–H groups in total. The van der Waals surface area contributed by atoms with E-state index >= 15 is 0 Å². The summed E-state index contributed by atoms with van der Waals surface area (Å²) in [5.41, 5.74) is -2.01. The van der Waals surface area contributed by atoms with Gasteiger partial charge in [-0.1, -0.05) is 53.2 Å². The number of aliphatic hydroxyl groups is 16. The van der Waals surface area contributed by atoms with Gasteiger partial charge in [0.15, 0.2) is 25.2 Å². The first-order valence-corrected chi connectivity index (χ1v) is 28.6. The molecule has 3 unspecified atom stereocenters. The molecule has 24 heteroatoms. The van der Waals surface area contributed by atoms with Gasteiger partial charge >= 0.3 is 0 Å². The first kappa shape index (κ1) is 63.8. The predicted octanol–water partition coefficient (Wildman–Crippen LogP) is -2.84. The molecule has 4 aliphatic carbocycles. The van der Waals surface area contributed by atoms with Gasteiger partial charge in [-0.2, -0.15) is 0 Å². The Morgan fingerprint density at radius 1 is 0.620 bits per heavy atom. The van der Waals surface area contributed by atoms with Crippen molar-refractivity contribution in [1.29, 1.82) is 0 Å². The summed E-state index contributed by atoms with van der Waals surface area (Å²) in [7, 11) is 0. The summed E-state index contributed by atoms with van der Waals surface area (Å²) in [4.78, 5) is 0. The van der Waals surface area contributed by atoms with Crippen LogP contribution in [-0.4, -0.2) is 255 Å². The van der Waals surface area contributed by atoms with E-state index in [2.05, 4.69) is 47.6 Å². The zero-order valence-corrected chi connectivity index (χ0v) is 46.8. The summed E-state index contributed by atoms with van der Waals surface area (Å²) < 4.78 is 47.8. The first-order chi connectivity index (χ1) is 37.0. The predicted molar refractivity (Wildman–Crippen MR) is 272 cm³/mol. The van der Waals surface area contributed by atoms with Crippen molar-refractivity contribution < 1.29 is 120 Å². The largest absolute Gasteiger partial charge is 0.394 e. The maximum Gasteiger partial charge on any atom is 0.187 e. The van der Waals surface area contributed by atoms with Gasteiger partial charge in [0.1, 0.15) is 97.7 Å². The van der Waals surface area contributed by atoms with Gasteiger partial charge in [-0.25, -0.2) is 0 Å². The number of rotatable bonds is 18. The van der Waals surface area contributed by atoms with Crippen molar-refractivity contribution in [2.45, 2.75) is 260 Å². The van der Waals surface area contributed by atoms with Gasteiger partial charge in [0, 0.05) is 10.8 Å². The van der Waals surface area contributed by atoms with E-state index in [-0.39, 0.29) is 40.9 Å². The highest BCUT2D eigenvalue weighted by atomic mass is 16.8. The highest BCUT2D eigenvalue weighted by Gasteiger charge is 2.71. The monoisotopic (exact) mass is 1140 g/mol. The molecule has 79 heavy (non-hydrogen) atoms. The van der Waals surface area contributed by atoms with Crippen LogP contribution in [0.2, 0.25) is 0 Å². The van der Waals surface area contributed by atoms with Crippen LogP contribution in [0.25, 0.3) is 0 Å². The molecule has 8 aliphatic rings. The molecule has 3 saturated carbocycles. The van der Waals surface area contributed by atoms with Crippen molar-refractivity contribution in [2.75, 3.05) is 26.4 Å². The average Bonchev–Trinajstić information content (AvgIpc) is 3.73. The maximum atomic E-state index is 12.8. The molecule has 7 fully saturated rings. The number of ether oxygens (including phenoxy) is 8. The van der Waals surface area contributed by atoms with Gasteiger partial charge < -0.3 is 120 Å². The molecule has 0 aromatic heterocycles. The third-order valence-corrected chi connectivity index (χ3v) is 21.1.